The van der Waals surface area contributed by atoms with Crippen LogP contribution in [0.5, 0.6) is 0 Å². The molecule has 0 heterocycles. The van der Waals surface area contributed by atoms with Crippen molar-refractivity contribution in [3.63, 3.8) is 0 Å². The van der Waals surface area contributed by atoms with Gasteiger partial charge < -0.3 is 4.79 Å². The van der Waals surface area contributed by atoms with Gasteiger partial charge in [-0.1, -0.05) is 0 Å². The van der Waals surface area contributed by atoms with Gasteiger partial charge in [0.05, 0.1) is 0 Å². The summed E-state index contributed by atoms with van der Waals surface area (Å²) >= 11 is 0. The zero-order valence-electron chi connectivity index (χ0n) is 5.60. The van der Waals surface area contributed by atoms with E-state index in [1.807, 2.05) is 0 Å². The van der Waals surface area contributed by atoms with E-state index in [1.54, 1.807) is 0 Å². The van der Waals surface area contributed by atoms with E-state index in [0.29, 0.717) is 11.3 Å². The maximum atomic E-state index is 10.3. The van der Waals surface area contributed by atoms with Crippen LogP contribution in [-0.4, -0.2) is 6.29 Å². The Bertz CT molecular complexity index is 136. The molecule has 0 N–H and O–H groups in total. The number of aldehydes is 1. The molecule has 2 fully saturated rings. The Hall–Kier alpha value is -0.330. The minimum Gasteiger partial charge on any atom is -0.303 e. The summed E-state index contributed by atoms with van der Waals surface area (Å²) in [5.74, 6) is 0.424. The maximum absolute atomic E-state index is 10.3. The normalized spacial score (nSPS) is 37.1. The van der Waals surface area contributed by atoms with E-state index in [0.717, 1.165) is 6.29 Å². The number of carbonyl (C=O) groups excluding carboxylic acids is 1. The van der Waals surface area contributed by atoms with Gasteiger partial charge in [-0.15, -0.1) is 0 Å². The first-order valence-electron chi connectivity index (χ1n) is 3.80. The lowest BCUT2D eigenvalue weighted by Gasteiger charge is -2.00. The highest BCUT2D eigenvalue weighted by molar-refractivity contribution is 5.54. The van der Waals surface area contributed by atoms with Crippen molar-refractivity contribution in [1.82, 2.24) is 0 Å². The topological polar surface area (TPSA) is 17.1 Å². The Morgan fingerprint density at radius 2 is 2.11 bits per heavy atom. The van der Waals surface area contributed by atoms with Crippen molar-refractivity contribution in [2.45, 2.75) is 32.1 Å². The Morgan fingerprint density at radius 3 is 2.44 bits per heavy atom. The van der Waals surface area contributed by atoms with Crippen LogP contribution in [0.15, 0.2) is 0 Å². The number of hydrogen-bond donors (Lipinski definition) is 0. The molecule has 9 heavy (non-hydrogen) atoms. The number of hydrogen-bond acceptors (Lipinski definition) is 1. The van der Waals surface area contributed by atoms with Gasteiger partial charge in [0.15, 0.2) is 0 Å². The molecule has 1 atom stereocenters. The zero-order valence-corrected chi connectivity index (χ0v) is 5.60. The fourth-order valence-corrected chi connectivity index (χ4v) is 2.00. The van der Waals surface area contributed by atoms with Crippen molar-refractivity contribution in [3.8, 4) is 0 Å². The minimum atomic E-state index is 0.424. The van der Waals surface area contributed by atoms with E-state index >= 15 is 0 Å². The summed E-state index contributed by atoms with van der Waals surface area (Å²) in [7, 11) is 0. The highest BCUT2D eigenvalue weighted by Crippen LogP contribution is 2.59. The number of carbonyl (C=O) groups is 1. The Kier molecular flexibility index (Phi) is 0.961. The summed E-state index contributed by atoms with van der Waals surface area (Å²) in [4.78, 5) is 10.3. The molecule has 0 aromatic carbocycles. The quantitative estimate of drug-likeness (QED) is 0.487. The van der Waals surface area contributed by atoms with Crippen molar-refractivity contribution in [2.24, 2.45) is 11.3 Å². The van der Waals surface area contributed by atoms with Crippen molar-refractivity contribution < 1.29 is 4.79 Å². The van der Waals surface area contributed by atoms with E-state index in [2.05, 4.69) is 0 Å². The number of rotatable bonds is 1. The van der Waals surface area contributed by atoms with Crippen LogP contribution in [0.2, 0.25) is 0 Å². The maximum Gasteiger partial charge on any atom is 0.123 e. The molecule has 0 aromatic rings. The molecular formula is C8H12O. The van der Waals surface area contributed by atoms with E-state index in [4.69, 9.17) is 0 Å². The summed E-state index contributed by atoms with van der Waals surface area (Å²) in [6.45, 7) is 0. The second-order valence-electron chi connectivity index (χ2n) is 3.64. The molecule has 1 spiro atoms. The fraction of sp³-hybridized carbons (Fsp3) is 0.875. The first-order chi connectivity index (χ1) is 4.35. The van der Waals surface area contributed by atoms with Gasteiger partial charge in [-0.05, 0) is 37.5 Å². The predicted molar refractivity (Wildman–Crippen MR) is 35.1 cm³/mol. The zero-order chi connectivity index (χ0) is 6.32. The van der Waals surface area contributed by atoms with E-state index in [1.165, 1.54) is 32.1 Å². The molecular weight excluding hydrogens is 112 g/mol. The first-order valence-corrected chi connectivity index (χ1v) is 3.80. The van der Waals surface area contributed by atoms with E-state index in [-0.39, 0.29) is 0 Å². The van der Waals surface area contributed by atoms with Gasteiger partial charge >= 0.3 is 0 Å². The molecule has 1 heteroatoms. The van der Waals surface area contributed by atoms with Crippen LogP contribution >= 0.6 is 0 Å². The van der Waals surface area contributed by atoms with Gasteiger partial charge in [-0.3, -0.25) is 0 Å². The highest BCUT2D eigenvalue weighted by atomic mass is 16.1. The molecule has 2 aliphatic rings. The fourth-order valence-electron chi connectivity index (χ4n) is 2.00. The Labute approximate surface area is 55.4 Å². The monoisotopic (exact) mass is 124 g/mol. The van der Waals surface area contributed by atoms with Crippen LogP contribution in [0.4, 0.5) is 0 Å². The lowest BCUT2D eigenvalue weighted by Crippen LogP contribution is -1.96. The molecule has 0 saturated heterocycles. The van der Waals surface area contributed by atoms with Crippen molar-refractivity contribution in [3.05, 3.63) is 0 Å². The third-order valence-electron chi connectivity index (χ3n) is 2.89. The molecule has 50 valence electrons. The van der Waals surface area contributed by atoms with Crippen LogP contribution in [0, 0.1) is 11.3 Å². The van der Waals surface area contributed by atoms with Crippen LogP contribution in [0.25, 0.3) is 0 Å². The van der Waals surface area contributed by atoms with Crippen molar-refractivity contribution >= 4 is 6.29 Å². The minimum absolute atomic E-state index is 0.424. The van der Waals surface area contributed by atoms with Gasteiger partial charge in [0.2, 0.25) is 0 Å². The highest BCUT2D eigenvalue weighted by Gasteiger charge is 2.47. The van der Waals surface area contributed by atoms with Crippen molar-refractivity contribution in [1.29, 1.82) is 0 Å². The molecule has 2 saturated carbocycles. The summed E-state index contributed by atoms with van der Waals surface area (Å²) in [6, 6.07) is 0. The molecule has 2 aliphatic carbocycles. The van der Waals surface area contributed by atoms with E-state index < -0.39 is 0 Å². The molecule has 0 bridgehead atoms. The third-order valence-corrected chi connectivity index (χ3v) is 2.89. The standard InChI is InChI=1S/C8H12O/c9-6-7-1-2-8(5-7)3-4-8/h6-7H,1-5H2. The smallest absolute Gasteiger partial charge is 0.123 e. The van der Waals surface area contributed by atoms with E-state index in [9.17, 15) is 4.79 Å². The van der Waals surface area contributed by atoms with Gasteiger partial charge in [0.25, 0.3) is 0 Å². The second-order valence-corrected chi connectivity index (χ2v) is 3.64. The molecule has 0 radical (unpaired) electrons. The molecule has 1 nitrogen and oxygen atoms in total. The predicted octanol–water partition coefficient (Wildman–Crippen LogP) is 1.77. The van der Waals surface area contributed by atoms with Crippen LogP contribution in [0.1, 0.15) is 32.1 Å². The largest absolute Gasteiger partial charge is 0.303 e. The van der Waals surface area contributed by atoms with Gasteiger partial charge in [-0.25, -0.2) is 0 Å². The van der Waals surface area contributed by atoms with Crippen LogP contribution in [0.3, 0.4) is 0 Å². The summed E-state index contributed by atoms with van der Waals surface area (Å²) < 4.78 is 0. The first kappa shape index (κ1) is 5.45. The Morgan fingerprint density at radius 1 is 1.33 bits per heavy atom. The molecule has 0 aromatic heterocycles. The molecule has 0 aliphatic heterocycles. The lowest BCUT2D eigenvalue weighted by atomic mass is 10.0. The Balaban J connectivity index is 2.00. The molecule has 1 unspecified atom stereocenters. The molecule has 2 rings (SSSR count). The van der Waals surface area contributed by atoms with Crippen LogP contribution in [-0.2, 0) is 4.79 Å². The second kappa shape index (κ2) is 1.59. The summed E-state index contributed by atoms with van der Waals surface area (Å²) in [5, 5.41) is 0. The SMILES string of the molecule is O=CC1CCC2(CC2)C1. The average Bonchev–Trinajstić information content (AvgIpc) is 2.44. The van der Waals surface area contributed by atoms with Gasteiger partial charge in [0.1, 0.15) is 6.29 Å². The van der Waals surface area contributed by atoms with Crippen LogP contribution < -0.4 is 0 Å². The average molecular weight is 124 g/mol. The summed E-state index contributed by atoms with van der Waals surface area (Å²) in [6.07, 6.45) is 7.65. The third kappa shape index (κ3) is 0.790. The van der Waals surface area contributed by atoms with Gasteiger partial charge in [0, 0.05) is 5.92 Å². The summed E-state index contributed by atoms with van der Waals surface area (Å²) in [5.41, 5.74) is 0.686. The lowest BCUT2D eigenvalue weighted by molar-refractivity contribution is -0.111. The van der Waals surface area contributed by atoms with Gasteiger partial charge in [-0.2, -0.15) is 0 Å². The molecule has 0 amide bonds. The van der Waals surface area contributed by atoms with Crippen molar-refractivity contribution in [2.75, 3.05) is 0 Å².